The van der Waals surface area contributed by atoms with Crippen LogP contribution in [-0.2, 0) is 0 Å². The second-order valence-corrected chi connectivity index (χ2v) is 3.53. The summed E-state index contributed by atoms with van der Waals surface area (Å²) < 4.78 is 0. The fourth-order valence-corrected chi connectivity index (χ4v) is 1.37. The molecule has 2 N–H and O–H groups in total. The molecule has 0 heterocycles. The van der Waals surface area contributed by atoms with Crippen molar-refractivity contribution in [1.29, 1.82) is 15.9 Å². The zero-order valence-electron chi connectivity index (χ0n) is 9.81. The molecule has 0 aliphatic carbocycles. The van der Waals surface area contributed by atoms with Gasteiger partial charge in [-0.3, -0.25) is 0 Å². The Morgan fingerprint density at radius 1 is 1.28 bits per heavy atom. The zero-order chi connectivity index (χ0) is 13.5. The number of phenols is 1. The van der Waals surface area contributed by atoms with E-state index in [1.54, 1.807) is 43.3 Å². The SMILES string of the molecule is CC(=C(C#N)C#N)/C(C=N)=C/c1ccccc1O. The van der Waals surface area contributed by atoms with Gasteiger partial charge >= 0.3 is 0 Å². The van der Waals surface area contributed by atoms with E-state index in [0.29, 0.717) is 16.7 Å². The molecule has 0 saturated heterocycles. The maximum absolute atomic E-state index is 9.62. The Bertz CT molecular complexity index is 597. The molecule has 0 aliphatic heterocycles. The Kier molecular flexibility index (Phi) is 4.42. The van der Waals surface area contributed by atoms with Gasteiger partial charge in [0, 0.05) is 11.8 Å². The van der Waals surface area contributed by atoms with E-state index in [9.17, 15) is 5.11 Å². The van der Waals surface area contributed by atoms with Gasteiger partial charge in [-0.15, -0.1) is 0 Å². The number of hydrogen-bond acceptors (Lipinski definition) is 4. The highest BCUT2D eigenvalue weighted by Crippen LogP contribution is 2.22. The number of rotatable bonds is 3. The summed E-state index contributed by atoms with van der Waals surface area (Å²) >= 11 is 0. The van der Waals surface area contributed by atoms with E-state index in [4.69, 9.17) is 15.9 Å². The van der Waals surface area contributed by atoms with Crippen molar-refractivity contribution >= 4 is 12.3 Å². The van der Waals surface area contributed by atoms with Crippen molar-refractivity contribution in [3.8, 4) is 17.9 Å². The van der Waals surface area contributed by atoms with E-state index < -0.39 is 0 Å². The molecule has 0 bridgehead atoms. The topological polar surface area (TPSA) is 91.7 Å². The molecule has 4 nitrogen and oxygen atoms in total. The van der Waals surface area contributed by atoms with E-state index >= 15 is 0 Å². The molecule has 0 aromatic heterocycles. The Morgan fingerprint density at radius 2 is 1.89 bits per heavy atom. The van der Waals surface area contributed by atoms with Crippen molar-refractivity contribution in [3.63, 3.8) is 0 Å². The Balaban J connectivity index is 3.34. The van der Waals surface area contributed by atoms with E-state index in [2.05, 4.69) is 0 Å². The van der Waals surface area contributed by atoms with E-state index in [1.165, 1.54) is 6.07 Å². The Labute approximate surface area is 105 Å². The van der Waals surface area contributed by atoms with Gasteiger partial charge in [0.05, 0.1) is 0 Å². The van der Waals surface area contributed by atoms with Crippen LogP contribution in [-0.4, -0.2) is 11.3 Å². The molecule has 18 heavy (non-hydrogen) atoms. The molecule has 0 amide bonds. The van der Waals surface area contributed by atoms with E-state index in [0.717, 1.165) is 6.21 Å². The van der Waals surface area contributed by atoms with Gasteiger partial charge in [-0.1, -0.05) is 18.2 Å². The number of para-hydroxylation sites is 1. The van der Waals surface area contributed by atoms with Gasteiger partial charge in [0.2, 0.25) is 0 Å². The van der Waals surface area contributed by atoms with Crippen molar-refractivity contribution in [2.24, 2.45) is 0 Å². The second-order valence-electron chi connectivity index (χ2n) is 3.53. The molecule has 1 aromatic rings. The summed E-state index contributed by atoms with van der Waals surface area (Å²) in [5, 5.41) is 34.5. The lowest BCUT2D eigenvalue weighted by Gasteiger charge is -2.03. The van der Waals surface area contributed by atoms with Crippen LogP contribution in [0.5, 0.6) is 5.75 Å². The van der Waals surface area contributed by atoms with Crippen LogP contribution < -0.4 is 0 Å². The first-order valence-corrected chi connectivity index (χ1v) is 5.15. The monoisotopic (exact) mass is 237 g/mol. The van der Waals surface area contributed by atoms with Crippen LogP contribution in [0.15, 0.2) is 41.0 Å². The molecular weight excluding hydrogens is 226 g/mol. The average Bonchev–Trinajstić information content (AvgIpc) is 2.39. The first-order valence-electron chi connectivity index (χ1n) is 5.15. The smallest absolute Gasteiger partial charge is 0.133 e. The number of nitrogens with zero attached hydrogens (tertiary/aromatic N) is 2. The lowest BCUT2D eigenvalue weighted by Crippen LogP contribution is -1.91. The van der Waals surface area contributed by atoms with Gasteiger partial charge in [-0.05, 0) is 30.2 Å². The van der Waals surface area contributed by atoms with Crippen molar-refractivity contribution in [3.05, 3.63) is 46.5 Å². The largest absolute Gasteiger partial charge is 0.507 e. The third-order valence-electron chi connectivity index (χ3n) is 2.43. The van der Waals surface area contributed by atoms with E-state index in [1.807, 2.05) is 0 Å². The number of aromatic hydroxyl groups is 1. The van der Waals surface area contributed by atoms with Crippen LogP contribution >= 0.6 is 0 Å². The molecule has 0 aliphatic rings. The maximum atomic E-state index is 9.62. The molecule has 0 fully saturated rings. The number of allylic oxidation sites excluding steroid dienone is 3. The minimum atomic E-state index is -0.0415. The fraction of sp³-hybridized carbons (Fsp3) is 0.0714. The quantitative estimate of drug-likeness (QED) is 0.481. The van der Waals surface area contributed by atoms with Crippen molar-refractivity contribution < 1.29 is 5.11 Å². The predicted molar refractivity (Wildman–Crippen MR) is 68.8 cm³/mol. The summed E-state index contributed by atoms with van der Waals surface area (Å²) in [7, 11) is 0. The van der Waals surface area contributed by atoms with Crippen LogP contribution in [0.25, 0.3) is 6.08 Å². The number of hydrogen-bond donors (Lipinski definition) is 2. The molecule has 4 heteroatoms. The molecule has 0 radical (unpaired) electrons. The molecule has 0 unspecified atom stereocenters. The second kappa shape index (κ2) is 6.03. The molecule has 1 aromatic carbocycles. The van der Waals surface area contributed by atoms with Gasteiger partial charge in [0.25, 0.3) is 0 Å². The van der Waals surface area contributed by atoms with Crippen LogP contribution in [0, 0.1) is 28.1 Å². The standard InChI is InChI=1S/C14H11N3O/c1-10(13(8-16)9-17)12(7-15)6-11-4-2-3-5-14(11)18/h2-7,15,18H,1H3/b12-6+,15-7?. The molecule has 1 rings (SSSR count). The van der Waals surface area contributed by atoms with Gasteiger partial charge < -0.3 is 10.5 Å². The number of phenolic OH excluding ortho intramolecular Hbond substituents is 1. The molecule has 88 valence electrons. The highest BCUT2D eigenvalue weighted by molar-refractivity contribution is 5.90. The van der Waals surface area contributed by atoms with Gasteiger partial charge in [-0.25, -0.2) is 0 Å². The highest BCUT2D eigenvalue weighted by atomic mass is 16.3. The number of benzene rings is 1. The van der Waals surface area contributed by atoms with Crippen molar-refractivity contribution in [2.75, 3.05) is 0 Å². The average molecular weight is 237 g/mol. The van der Waals surface area contributed by atoms with E-state index in [-0.39, 0.29) is 11.3 Å². The first kappa shape index (κ1) is 13.2. The molecular formula is C14H11N3O. The van der Waals surface area contributed by atoms with Crippen LogP contribution in [0.3, 0.4) is 0 Å². The summed E-state index contributed by atoms with van der Waals surface area (Å²) in [6, 6.07) is 10.2. The first-order chi connectivity index (χ1) is 8.63. The Hall–Kier alpha value is -2.85. The molecule has 0 spiro atoms. The van der Waals surface area contributed by atoms with Crippen molar-refractivity contribution in [1.82, 2.24) is 0 Å². The van der Waals surface area contributed by atoms with Gasteiger partial charge in [0.1, 0.15) is 23.5 Å². The normalized spacial score (nSPS) is 10.1. The minimum absolute atomic E-state index is 0.0415. The minimum Gasteiger partial charge on any atom is -0.507 e. The zero-order valence-corrected chi connectivity index (χ0v) is 9.81. The third kappa shape index (κ3) is 2.84. The summed E-state index contributed by atoms with van der Waals surface area (Å²) in [5.41, 5.74) is 1.32. The van der Waals surface area contributed by atoms with Crippen LogP contribution in [0.2, 0.25) is 0 Å². The van der Waals surface area contributed by atoms with Crippen LogP contribution in [0.4, 0.5) is 0 Å². The van der Waals surface area contributed by atoms with Gasteiger partial charge in [0.15, 0.2) is 0 Å². The van der Waals surface area contributed by atoms with Crippen LogP contribution in [0.1, 0.15) is 12.5 Å². The predicted octanol–water partition coefficient (Wildman–Crippen LogP) is 2.79. The lowest BCUT2D eigenvalue weighted by atomic mass is 10.0. The summed E-state index contributed by atoms with van der Waals surface area (Å²) in [6.07, 6.45) is 2.61. The number of nitriles is 2. The molecule has 0 atom stereocenters. The summed E-state index contributed by atoms with van der Waals surface area (Å²) in [6.45, 7) is 1.60. The maximum Gasteiger partial charge on any atom is 0.133 e. The highest BCUT2D eigenvalue weighted by Gasteiger charge is 2.06. The number of nitrogens with one attached hydrogen (secondary N) is 1. The lowest BCUT2D eigenvalue weighted by molar-refractivity contribution is 0.474. The van der Waals surface area contributed by atoms with Crippen molar-refractivity contribution in [2.45, 2.75) is 6.92 Å². The fourth-order valence-electron chi connectivity index (χ4n) is 1.37. The third-order valence-corrected chi connectivity index (χ3v) is 2.43. The molecule has 0 saturated carbocycles. The summed E-state index contributed by atoms with van der Waals surface area (Å²) in [4.78, 5) is 0. The summed E-state index contributed by atoms with van der Waals surface area (Å²) in [5.74, 6) is 0.0834. The van der Waals surface area contributed by atoms with Gasteiger partial charge in [-0.2, -0.15) is 10.5 Å². The Morgan fingerprint density at radius 3 is 2.39 bits per heavy atom.